The Morgan fingerprint density at radius 1 is 1.56 bits per heavy atom. The Balaban J connectivity index is 2.35. The predicted molar refractivity (Wildman–Crippen MR) is 67.4 cm³/mol. The molecule has 1 aromatic carbocycles. The summed E-state index contributed by atoms with van der Waals surface area (Å²) < 4.78 is 13.8. The van der Waals surface area contributed by atoms with Crippen LogP contribution in [0.2, 0.25) is 5.02 Å². The fourth-order valence-electron chi connectivity index (χ4n) is 2.51. The number of likely N-dealkylation sites (N-methyl/N-ethyl adjacent to an activating group) is 1. The second-order valence-corrected chi connectivity index (χ2v) is 5.01. The summed E-state index contributed by atoms with van der Waals surface area (Å²) in [7, 11) is 0. The van der Waals surface area contributed by atoms with E-state index in [1.165, 1.54) is 18.2 Å². The summed E-state index contributed by atoms with van der Waals surface area (Å²) in [5.41, 5.74) is 0.408. The molecule has 0 spiro atoms. The monoisotopic (exact) mass is 271 g/mol. The van der Waals surface area contributed by atoms with E-state index in [0.717, 1.165) is 6.54 Å². The molecule has 1 heterocycles. The third-order valence-corrected chi connectivity index (χ3v) is 3.75. The summed E-state index contributed by atoms with van der Waals surface area (Å²) in [6, 6.07) is 4.31. The standard InChI is InChI=1S/C13H15ClFNO2/c1-2-16-6-10(11(7-16)13(17)18)9-5-8(14)3-4-12(9)15/h3-5,10-11H,2,6-7H2,1H3,(H,17,18). The molecule has 0 aromatic heterocycles. The van der Waals surface area contributed by atoms with E-state index in [9.17, 15) is 14.3 Å². The van der Waals surface area contributed by atoms with Crippen molar-refractivity contribution in [2.45, 2.75) is 12.8 Å². The number of nitrogens with zero attached hydrogens (tertiary/aromatic N) is 1. The van der Waals surface area contributed by atoms with Gasteiger partial charge in [-0.3, -0.25) is 4.79 Å². The Hall–Kier alpha value is -1.13. The third kappa shape index (κ3) is 2.49. The van der Waals surface area contributed by atoms with Crippen LogP contribution < -0.4 is 0 Å². The molecule has 2 unspecified atom stereocenters. The van der Waals surface area contributed by atoms with Crippen molar-refractivity contribution in [2.24, 2.45) is 5.92 Å². The van der Waals surface area contributed by atoms with E-state index in [4.69, 9.17) is 11.6 Å². The molecule has 98 valence electrons. The van der Waals surface area contributed by atoms with E-state index < -0.39 is 11.9 Å². The molecule has 0 bridgehead atoms. The molecular weight excluding hydrogens is 257 g/mol. The van der Waals surface area contributed by atoms with Crippen molar-refractivity contribution in [1.82, 2.24) is 4.90 Å². The Morgan fingerprint density at radius 2 is 2.28 bits per heavy atom. The lowest BCUT2D eigenvalue weighted by atomic mass is 9.89. The van der Waals surface area contributed by atoms with Gasteiger partial charge in [0.15, 0.2) is 0 Å². The molecule has 2 atom stereocenters. The molecule has 1 fully saturated rings. The van der Waals surface area contributed by atoms with Crippen molar-refractivity contribution in [3.8, 4) is 0 Å². The maximum absolute atomic E-state index is 13.8. The number of likely N-dealkylation sites (tertiary alicyclic amines) is 1. The number of hydrogen-bond donors (Lipinski definition) is 1. The van der Waals surface area contributed by atoms with Crippen LogP contribution in [0.3, 0.4) is 0 Å². The van der Waals surface area contributed by atoms with E-state index in [2.05, 4.69) is 0 Å². The zero-order chi connectivity index (χ0) is 13.3. The molecule has 2 rings (SSSR count). The van der Waals surface area contributed by atoms with E-state index in [1.807, 2.05) is 11.8 Å². The number of rotatable bonds is 3. The summed E-state index contributed by atoms with van der Waals surface area (Å²) in [6.45, 7) is 3.76. The van der Waals surface area contributed by atoms with E-state index in [0.29, 0.717) is 23.7 Å². The first-order valence-corrected chi connectivity index (χ1v) is 6.30. The molecule has 0 saturated carbocycles. The first kappa shape index (κ1) is 13.3. The summed E-state index contributed by atoms with van der Waals surface area (Å²) in [6.07, 6.45) is 0. The van der Waals surface area contributed by atoms with Crippen LogP contribution in [0.1, 0.15) is 18.4 Å². The van der Waals surface area contributed by atoms with Crippen LogP contribution in [0.15, 0.2) is 18.2 Å². The Morgan fingerprint density at radius 3 is 2.89 bits per heavy atom. The smallest absolute Gasteiger partial charge is 0.308 e. The van der Waals surface area contributed by atoms with E-state index in [1.54, 1.807) is 0 Å². The normalized spacial score (nSPS) is 24.4. The lowest BCUT2D eigenvalue weighted by molar-refractivity contribution is -0.141. The molecule has 1 N–H and O–H groups in total. The number of aliphatic carboxylic acids is 1. The van der Waals surface area contributed by atoms with Crippen LogP contribution in [0.5, 0.6) is 0 Å². The predicted octanol–water partition coefficient (Wildman–Crippen LogP) is 2.60. The van der Waals surface area contributed by atoms with Crippen molar-refractivity contribution in [2.75, 3.05) is 19.6 Å². The minimum Gasteiger partial charge on any atom is -0.481 e. The van der Waals surface area contributed by atoms with Gasteiger partial charge in [-0.05, 0) is 30.3 Å². The fraction of sp³-hybridized carbons (Fsp3) is 0.462. The van der Waals surface area contributed by atoms with Crippen LogP contribution in [0, 0.1) is 11.7 Å². The molecule has 1 aliphatic rings. The molecule has 3 nitrogen and oxygen atoms in total. The average molecular weight is 272 g/mol. The molecule has 0 aliphatic carbocycles. The van der Waals surface area contributed by atoms with Gasteiger partial charge in [-0.25, -0.2) is 4.39 Å². The number of halogens is 2. The fourth-order valence-corrected chi connectivity index (χ4v) is 2.69. The largest absolute Gasteiger partial charge is 0.481 e. The van der Waals surface area contributed by atoms with Gasteiger partial charge in [0, 0.05) is 24.0 Å². The number of hydrogen-bond acceptors (Lipinski definition) is 2. The van der Waals surface area contributed by atoms with Crippen molar-refractivity contribution in [3.63, 3.8) is 0 Å². The van der Waals surface area contributed by atoms with Gasteiger partial charge >= 0.3 is 5.97 Å². The van der Waals surface area contributed by atoms with Gasteiger partial charge in [0.25, 0.3) is 0 Å². The van der Waals surface area contributed by atoms with Gasteiger partial charge in [0.2, 0.25) is 0 Å². The number of carbonyl (C=O) groups is 1. The van der Waals surface area contributed by atoms with Crippen molar-refractivity contribution in [3.05, 3.63) is 34.6 Å². The van der Waals surface area contributed by atoms with Gasteiger partial charge in [-0.15, -0.1) is 0 Å². The van der Waals surface area contributed by atoms with Gasteiger partial charge < -0.3 is 10.0 Å². The first-order valence-electron chi connectivity index (χ1n) is 5.93. The third-order valence-electron chi connectivity index (χ3n) is 3.52. The molecule has 1 aromatic rings. The maximum Gasteiger partial charge on any atom is 0.308 e. The Kier molecular flexibility index (Phi) is 3.88. The molecule has 0 radical (unpaired) electrons. The second-order valence-electron chi connectivity index (χ2n) is 4.57. The summed E-state index contributed by atoms with van der Waals surface area (Å²) in [5, 5.41) is 9.67. The summed E-state index contributed by atoms with van der Waals surface area (Å²) in [4.78, 5) is 13.3. The second kappa shape index (κ2) is 5.24. The Labute approximate surface area is 110 Å². The maximum atomic E-state index is 13.8. The average Bonchev–Trinajstić information content (AvgIpc) is 2.76. The number of benzene rings is 1. The van der Waals surface area contributed by atoms with Crippen LogP contribution in [0.4, 0.5) is 4.39 Å². The summed E-state index contributed by atoms with van der Waals surface area (Å²) >= 11 is 5.87. The van der Waals surface area contributed by atoms with Gasteiger partial charge in [0.05, 0.1) is 5.92 Å². The quantitative estimate of drug-likeness (QED) is 0.919. The van der Waals surface area contributed by atoms with Crippen molar-refractivity contribution < 1.29 is 14.3 Å². The zero-order valence-corrected chi connectivity index (χ0v) is 10.8. The highest BCUT2D eigenvalue weighted by atomic mass is 35.5. The SMILES string of the molecule is CCN1CC(C(=O)O)C(c2cc(Cl)ccc2F)C1. The molecule has 0 amide bonds. The molecule has 1 saturated heterocycles. The number of carboxylic acid groups (broad SMARTS) is 1. The molecule has 5 heteroatoms. The van der Waals surface area contributed by atoms with Crippen LogP contribution in [-0.4, -0.2) is 35.6 Å². The number of carboxylic acids is 1. The topological polar surface area (TPSA) is 40.5 Å². The molecule has 18 heavy (non-hydrogen) atoms. The van der Waals surface area contributed by atoms with E-state index >= 15 is 0 Å². The van der Waals surface area contributed by atoms with E-state index in [-0.39, 0.29) is 11.7 Å². The molecular formula is C13H15ClFNO2. The first-order chi connectivity index (χ1) is 8.52. The lowest BCUT2D eigenvalue weighted by Crippen LogP contribution is -2.23. The van der Waals surface area contributed by atoms with Gasteiger partial charge in [-0.2, -0.15) is 0 Å². The van der Waals surface area contributed by atoms with Crippen molar-refractivity contribution >= 4 is 17.6 Å². The van der Waals surface area contributed by atoms with Crippen molar-refractivity contribution in [1.29, 1.82) is 0 Å². The highest BCUT2D eigenvalue weighted by Crippen LogP contribution is 2.35. The summed E-state index contributed by atoms with van der Waals surface area (Å²) in [5.74, 6) is -2.16. The van der Waals surface area contributed by atoms with Crippen LogP contribution >= 0.6 is 11.6 Å². The van der Waals surface area contributed by atoms with Gasteiger partial charge in [0.1, 0.15) is 5.82 Å². The van der Waals surface area contributed by atoms with Crippen LogP contribution in [-0.2, 0) is 4.79 Å². The highest BCUT2D eigenvalue weighted by Gasteiger charge is 2.39. The zero-order valence-electron chi connectivity index (χ0n) is 10.1. The minimum absolute atomic E-state index is 0.332. The van der Waals surface area contributed by atoms with Gasteiger partial charge in [-0.1, -0.05) is 18.5 Å². The lowest BCUT2D eigenvalue weighted by Gasteiger charge is -2.16. The molecule has 1 aliphatic heterocycles. The van der Waals surface area contributed by atoms with Crippen LogP contribution in [0.25, 0.3) is 0 Å². The minimum atomic E-state index is -0.879. The highest BCUT2D eigenvalue weighted by molar-refractivity contribution is 6.30. The Bertz CT molecular complexity index is 466.